The molecule has 1 heterocycles. The van der Waals surface area contributed by atoms with Crippen molar-refractivity contribution in [3.05, 3.63) is 29.3 Å². The Labute approximate surface area is 114 Å². The molecule has 4 heteroatoms. The maximum absolute atomic E-state index is 12.5. The van der Waals surface area contributed by atoms with E-state index >= 15 is 0 Å². The molecule has 0 bridgehead atoms. The lowest BCUT2D eigenvalue weighted by molar-refractivity contribution is 0.0762. The Morgan fingerprint density at radius 3 is 3.05 bits per heavy atom. The summed E-state index contributed by atoms with van der Waals surface area (Å²) in [6.45, 7) is 7.02. The van der Waals surface area contributed by atoms with Crippen molar-refractivity contribution in [2.45, 2.75) is 20.3 Å². The number of carbonyl (C=O) groups excluding carboxylic acids is 1. The molecule has 1 saturated heterocycles. The first-order chi connectivity index (χ1) is 9.11. The molecule has 0 saturated carbocycles. The van der Waals surface area contributed by atoms with Gasteiger partial charge in [-0.2, -0.15) is 0 Å². The Bertz CT molecular complexity index is 459. The van der Waals surface area contributed by atoms with Gasteiger partial charge in [0.15, 0.2) is 0 Å². The van der Waals surface area contributed by atoms with E-state index in [1.165, 1.54) is 0 Å². The summed E-state index contributed by atoms with van der Waals surface area (Å²) in [5.41, 5.74) is 8.10. The van der Waals surface area contributed by atoms with Crippen LogP contribution >= 0.6 is 0 Å². The Kier molecular flexibility index (Phi) is 4.43. The van der Waals surface area contributed by atoms with Gasteiger partial charge >= 0.3 is 0 Å². The lowest BCUT2D eigenvalue weighted by Gasteiger charge is -2.18. The maximum Gasteiger partial charge on any atom is 0.254 e. The SMILES string of the molecule is CCOCC1CCN(C(=O)c2cc(N)ccc2C)C1. The lowest BCUT2D eigenvalue weighted by atomic mass is 10.1. The monoisotopic (exact) mass is 262 g/mol. The van der Waals surface area contributed by atoms with Gasteiger partial charge in [0.1, 0.15) is 0 Å². The van der Waals surface area contributed by atoms with Crippen LogP contribution in [-0.4, -0.2) is 37.1 Å². The van der Waals surface area contributed by atoms with E-state index in [1.807, 2.05) is 30.9 Å². The number of nitrogen functional groups attached to an aromatic ring is 1. The average Bonchev–Trinajstić information content (AvgIpc) is 2.87. The molecule has 1 unspecified atom stereocenters. The number of benzene rings is 1. The highest BCUT2D eigenvalue weighted by molar-refractivity contribution is 5.96. The molecule has 2 rings (SSSR count). The highest BCUT2D eigenvalue weighted by atomic mass is 16.5. The summed E-state index contributed by atoms with van der Waals surface area (Å²) in [4.78, 5) is 14.4. The minimum atomic E-state index is 0.0869. The van der Waals surface area contributed by atoms with Crippen LogP contribution in [0.4, 0.5) is 5.69 Å². The summed E-state index contributed by atoms with van der Waals surface area (Å²) < 4.78 is 5.44. The van der Waals surface area contributed by atoms with Gasteiger partial charge in [0.2, 0.25) is 0 Å². The number of aryl methyl sites for hydroxylation is 1. The van der Waals surface area contributed by atoms with Crippen molar-refractivity contribution in [1.82, 2.24) is 4.90 Å². The molecule has 2 N–H and O–H groups in total. The molecule has 1 fully saturated rings. The van der Waals surface area contributed by atoms with Gasteiger partial charge in [0.05, 0.1) is 6.61 Å². The summed E-state index contributed by atoms with van der Waals surface area (Å²) in [6, 6.07) is 5.50. The van der Waals surface area contributed by atoms with Gasteiger partial charge in [-0.3, -0.25) is 4.79 Å². The molecule has 0 radical (unpaired) electrons. The molecular weight excluding hydrogens is 240 g/mol. The fourth-order valence-electron chi connectivity index (χ4n) is 2.48. The molecule has 1 amide bonds. The smallest absolute Gasteiger partial charge is 0.254 e. The van der Waals surface area contributed by atoms with Crippen LogP contribution in [0.3, 0.4) is 0 Å². The van der Waals surface area contributed by atoms with Gasteiger partial charge in [0, 0.05) is 36.9 Å². The number of nitrogens with zero attached hydrogens (tertiary/aromatic N) is 1. The van der Waals surface area contributed by atoms with Crippen LogP contribution in [0.2, 0.25) is 0 Å². The highest BCUT2D eigenvalue weighted by Gasteiger charge is 2.27. The van der Waals surface area contributed by atoms with Crippen molar-refractivity contribution in [3.8, 4) is 0 Å². The number of ether oxygens (including phenoxy) is 1. The second-order valence-electron chi connectivity index (χ2n) is 5.14. The van der Waals surface area contributed by atoms with Crippen LogP contribution in [0.5, 0.6) is 0 Å². The van der Waals surface area contributed by atoms with Crippen molar-refractivity contribution in [3.63, 3.8) is 0 Å². The molecule has 0 aromatic heterocycles. The number of anilines is 1. The number of rotatable bonds is 4. The van der Waals surface area contributed by atoms with Crippen LogP contribution in [0, 0.1) is 12.8 Å². The van der Waals surface area contributed by atoms with Crippen LogP contribution in [0.15, 0.2) is 18.2 Å². The minimum Gasteiger partial charge on any atom is -0.399 e. The van der Waals surface area contributed by atoms with Crippen molar-refractivity contribution in [2.24, 2.45) is 5.92 Å². The molecule has 1 aromatic rings. The summed E-state index contributed by atoms with van der Waals surface area (Å²) in [6.07, 6.45) is 1.02. The number of hydrogen-bond acceptors (Lipinski definition) is 3. The molecule has 0 spiro atoms. The van der Waals surface area contributed by atoms with Crippen molar-refractivity contribution < 1.29 is 9.53 Å². The van der Waals surface area contributed by atoms with E-state index in [0.717, 1.165) is 43.9 Å². The van der Waals surface area contributed by atoms with E-state index < -0.39 is 0 Å². The first-order valence-electron chi connectivity index (χ1n) is 6.85. The van der Waals surface area contributed by atoms with E-state index in [9.17, 15) is 4.79 Å². The van der Waals surface area contributed by atoms with E-state index in [1.54, 1.807) is 6.07 Å². The number of hydrogen-bond donors (Lipinski definition) is 1. The van der Waals surface area contributed by atoms with E-state index in [2.05, 4.69) is 0 Å². The van der Waals surface area contributed by atoms with E-state index in [4.69, 9.17) is 10.5 Å². The zero-order chi connectivity index (χ0) is 13.8. The summed E-state index contributed by atoms with van der Waals surface area (Å²) >= 11 is 0. The number of likely N-dealkylation sites (tertiary alicyclic amines) is 1. The van der Waals surface area contributed by atoms with Crippen molar-refractivity contribution >= 4 is 11.6 Å². The second-order valence-corrected chi connectivity index (χ2v) is 5.14. The topological polar surface area (TPSA) is 55.6 Å². The van der Waals surface area contributed by atoms with Crippen LogP contribution in [0.1, 0.15) is 29.3 Å². The predicted octanol–water partition coefficient (Wildman–Crippen LogP) is 2.08. The van der Waals surface area contributed by atoms with Crippen LogP contribution in [-0.2, 0) is 4.74 Å². The largest absolute Gasteiger partial charge is 0.399 e. The molecule has 1 aromatic carbocycles. The Morgan fingerprint density at radius 1 is 1.53 bits per heavy atom. The predicted molar refractivity (Wildman–Crippen MR) is 76.1 cm³/mol. The van der Waals surface area contributed by atoms with E-state index in [-0.39, 0.29) is 5.91 Å². The number of nitrogens with two attached hydrogens (primary N) is 1. The van der Waals surface area contributed by atoms with Gasteiger partial charge in [-0.1, -0.05) is 6.07 Å². The average molecular weight is 262 g/mol. The molecular formula is C15H22N2O2. The van der Waals surface area contributed by atoms with Crippen molar-refractivity contribution in [1.29, 1.82) is 0 Å². The second kappa shape index (κ2) is 6.06. The highest BCUT2D eigenvalue weighted by Crippen LogP contribution is 2.21. The quantitative estimate of drug-likeness (QED) is 0.845. The summed E-state index contributed by atoms with van der Waals surface area (Å²) in [7, 11) is 0. The first kappa shape index (κ1) is 13.9. The van der Waals surface area contributed by atoms with Crippen LogP contribution in [0.25, 0.3) is 0 Å². The minimum absolute atomic E-state index is 0.0869. The van der Waals surface area contributed by atoms with Gasteiger partial charge < -0.3 is 15.4 Å². The summed E-state index contributed by atoms with van der Waals surface area (Å²) in [5.74, 6) is 0.550. The Hall–Kier alpha value is -1.55. The Morgan fingerprint density at radius 2 is 2.32 bits per heavy atom. The first-order valence-corrected chi connectivity index (χ1v) is 6.85. The standard InChI is InChI=1S/C15H22N2O2/c1-3-19-10-12-6-7-17(9-12)15(18)14-8-13(16)5-4-11(14)2/h4-5,8,12H,3,6-7,9-10,16H2,1-2H3. The zero-order valence-electron chi connectivity index (χ0n) is 11.7. The van der Waals surface area contributed by atoms with Gasteiger partial charge in [-0.15, -0.1) is 0 Å². The number of amides is 1. The molecule has 0 aliphatic carbocycles. The van der Waals surface area contributed by atoms with Crippen LogP contribution < -0.4 is 5.73 Å². The van der Waals surface area contributed by atoms with Gasteiger partial charge in [-0.25, -0.2) is 0 Å². The molecule has 19 heavy (non-hydrogen) atoms. The zero-order valence-corrected chi connectivity index (χ0v) is 11.7. The molecule has 1 aliphatic rings. The molecule has 1 atom stereocenters. The van der Waals surface area contributed by atoms with E-state index in [0.29, 0.717) is 11.6 Å². The number of carbonyl (C=O) groups is 1. The molecule has 1 aliphatic heterocycles. The maximum atomic E-state index is 12.5. The molecule has 104 valence electrons. The van der Waals surface area contributed by atoms with Gasteiger partial charge in [-0.05, 0) is 38.0 Å². The lowest BCUT2D eigenvalue weighted by Crippen LogP contribution is -2.30. The van der Waals surface area contributed by atoms with Crippen molar-refractivity contribution in [2.75, 3.05) is 32.0 Å². The Balaban J connectivity index is 2.03. The third-order valence-corrected chi connectivity index (χ3v) is 3.62. The molecule has 4 nitrogen and oxygen atoms in total. The fraction of sp³-hybridized carbons (Fsp3) is 0.533. The third-order valence-electron chi connectivity index (χ3n) is 3.62. The normalized spacial score (nSPS) is 18.8. The summed E-state index contributed by atoms with van der Waals surface area (Å²) in [5, 5.41) is 0. The third kappa shape index (κ3) is 3.26. The van der Waals surface area contributed by atoms with Gasteiger partial charge in [0.25, 0.3) is 5.91 Å². The fourth-order valence-corrected chi connectivity index (χ4v) is 2.48.